The number of halogens is 1. The molecule has 2 rings (SSSR count). The summed E-state index contributed by atoms with van der Waals surface area (Å²) in [7, 11) is 0. The minimum atomic E-state index is 0.274. The fourth-order valence-electron chi connectivity index (χ4n) is 1.09. The summed E-state index contributed by atoms with van der Waals surface area (Å²) in [6.07, 6.45) is 2.20. The van der Waals surface area contributed by atoms with Gasteiger partial charge in [-0.15, -0.1) is 0 Å². The van der Waals surface area contributed by atoms with Crippen molar-refractivity contribution in [2.75, 3.05) is 0 Å². The molecule has 0 spiro atoms. The zero-order valence-corrected chi connectivity index (χ0v) is 7.13. The second-order valence-electron chi connectivity index (χ2n) is 2.43. The molecule has 0 radical (unpaired) electrons. The normalized spacial score (nSPS) is 22.4. The van der Waals surface area contributed by atoms with Crippen LogP contribution in [-0.2, 0) is 6.54 Å². The van der Waals surface area contributed by atoms with Gasteiger partial charge >= 0.3 is 0 Å². The third kappa shape index (κ3) is 0.831. The van der Waals surface area contributed by atoms with Gasteiger partial charge in [0.1, 0.15) is 10.7 Å². The largest absolute Gasteiger partial charge is 0.460 e. The number of hydrogen-bond acceptors (Lipinski definition) is 2. The molecular weight excluding hydrogens is 196 g/mol. The van der Waals surface area contributed by atoms with Gasteiger partial charge in [-0.3, -0.25) is 4.57 Å². The van der Waals surface area contributed by atoms with Gasteiger partial charge < -0.3 is 4.74 Å². The van der Waals surface area contributed by atoms with Crippen LogP contribution >= 0.6 is 15.9 Å². The van der Waals surface area contributed by atoms with Gasteiger partial charge in [0.25, 0.3) is 6.01 Å². The summed E-state index contributed by atoms with van der Waals surface area (Å²) in [5, 5.41) is 0. The van der Waals surface area contributed by atoms with Gasteiger partial charge in [0.05, 0.1) is 6.54 Å². The third-order valence-electron chi connectivity index (χ3n) is 1.47. The van der Waals surface area contributed by atoms with Gasteiger partial charge in [-0.2, -0.15) is 4.98 Å². The van der Waals surface area contributed by atoms with E-state index in [-0.39, 0.29) is 6.10 Å². The van der Waals surface area contributed by atoms with Crippen molar-refractivity contribution in [3.8, 4) is 6.01 Å². The Hall–Kier alpha value is -0.510. The molecule has 0 aliphatic carbocycles. The highest BCUT2D eigenvalue weighted by Gasteiger charge is 2.19. The number of aromatic nitrogens is 2. The van der Waals surface area contributed by atoms with Crippen LogP contribution in [-0.4, -0.2) is 15.7 Å². The smallest absolute Gasteiger partial charge is 0.297 e. The first-order valence-corrected chi connectivity index (χ1v) is 3.94. The van der Waals surface area contributed by atoms with Crippen LogP contribution in [0.5, 0.6) is 6.01 Å². The van der Waals surface area contributed by atoms with E-state index in [0.29, 0.717) is 0 Å². The minimum Gasteiger partial charge on any atom is -0.460 e. The molecule has 0 N–H and O–H groups in total. The molecule has 2 heterocycles. The Labute approximate surface area is 67.1 Å². The molecule has 1 aromatic rings. The maximum absolute atomic E-state index is 5.35. The second-order valence-corrected chi connectivity index (χ2v) is 3.24. The van der Waals surface area contributed by atoms with E-state index in [4.69, 9.17) is 4.74 Å². The van der Waals surface area contributed by atoms with Crippen LogP contribution in [0, 0.1) is 0 Å². The van der Waals surface area contributed by atoms with Crippen molar-refractivity contribution in [2.24, 2.45) is 0 Å². The molecule has 0 amide bonds. The number of rotatable bonds is 0. The summed E-state index contributed by atoms with van der Waals surface area (Å²) < 4.78 is 8.19. The van der Waals surface area contributed by atoms with E-state index in [2.05, 4.69) is 20.9 Å². The van der Waals surface area contributed by atoms with Crippen LogP contribution in [0.4, 0.5) is 0 Å². The molecule has 0 saturated carbocycles. The van der Waals surface area contributed by atoms with Crippen LogP contribution < -0.4 is 4.74 Å². The van der Waals surface area contributed by atoms with Gasteiger partial charge in [0.2, 0.25) is 0 Å². The first-order chi connectivity index (χ1) is 4.75. The van der Waals surface area contributed by atoms with Crippen LogP contribution in [0.3, 0.4) is 0 Å². The molecule has 1 atom stereocenters. The molecule has 0 unspecified atom stereocenters. The van der Waals surface area contributed by atoms with Crippen molar-refractivity contribution in [1.82, 2.24) is 9.55 Å². The van der Waals surface area contributed by atoms with E-state index in [0.717, 1.165) is 17.2 Å². The topological polar surface area (TPSA) is 27.1 Å². The summed E-state index contributed by atoms with van der Waals surface area (Å²) in [5.74, 6) is 0. The Kier molecular flexibility index (Phi) is 1.23. The maximum Gasteiger partial charge on any atom is 0.297 e. The summed E-state index contributed by atoms with van der Waals surface area (Å²) in [4.78, 5) is 4.10. The highest BCUT2D eigenvalue weighted by molar-refractivity contribution is 9.10. The van der Waals surface area contributed by atoms with Gasteiger partial charge in [-0.05, 0) is 22.9 Å². The van der Waals surface area contributed by atoms with Crippen molar-refractivity contribution >= 4 is 15.9 Å². The first-order valence-electron chi connectivity index (χ1n) is 3.15. The summed E-state index contributed by atoms with van der Waals surface area (Å²) >= 11 is 3.27. The summed E-state index contributed by atoms with van der Waals surface area (Å²) in [5.41, 5.74) is 0. The molecule has 1 aliphatic rings. The van der Waals surface area contributed by atoms with Crippen molar-refractivity contribution in [2.45, 2.75) is 19.6 Å². The lowest BCUT2D eigenvalue weighted by Crippen LogP contribution is -2.07. The fourth-order valence-corrected chi connectivity index (χ4v) is 1.49. The SMILES string of the molecule is C[C@@H]1Cn2cc(Br)nc2O1. The first kappa shape index (κ1) is 6.22. The van der Waals surface area contributed by atoms with E-state index in [1.54, 1.807) is 0 Å². The van der Waals surface area contributed by atoms with Gasteiger partial charge in [-0.25, -0.2) is 0 Å². The molecule has 10 heavy (non-hydrogen) atoms. The molecule has 0 fully saturated rings. The van der Waals surface area contributed by atoms with Crippen LogP contribution in [0.25, 0.3) is 0 Å². The summed E-state index contributed by atoms with van der Waals surface area (Å²) in [6, 6.07) is 0.722. The van der Waals surface area contributed by atoms with Crippen molar-refractivity contribution in [1.29, 1.82) is 0 Å². The maximum atomic E-state index is 5.35. The van der Waals surface area contributed by atoms with Crippen LogP contribution in [0.15, 0.2) is 10.8 Å². The van der Waals surface area contributed by atoms with Gasteiger partial charge in [0, 0.05) is 6.20 Å². The Morgan fingerprint density at radius 2 is 2.70 bits per heavy atom. The van der Waals surface area contributed by atoms with Gasteiger partial charge in [-0.1, -0.05) is 0 Å². The predicted octanol–water partition coefficient (Wildman–Crippen LogP) is 1.43. The Morgan fingerprint density at radius 3 is 3.40 bits per heavy atom. The van der Waals surface area contributed by atoms with Crippen LogP contribution in [0.2, 0.25) is 0 Å². The number of ether oxygens (including phenoxy) is 1. The molecule has 1 aliphatic heterocycles. The Bertz CT molecular complexity index is 235. The molecule has 4 heteroatoms. The van der Waals surface area contributed by atoms with Crippen molar-refractivity contribution < 1.29 is 4.74 Å². The average Bonchev–Trinajstić information content (AvgIpc) is 2.21. The van der Waals surface area contributed by atoms with E-state index in [1.165, 1.54) is 0 Å². The van der Waals surface area contributed by atoms with Crippen LogP contribution in [0.1, 0.15) is 6.92 Å². The molecule has 54 valence electrons. The van der Waals surface area contributed by atoms with Gasteiger partial charge in [0.15, 0.2) is 0 Å². The second kappa shape index (κ2) is 1.99. The molecule has 0 saturated heterocycles. The highest BCUT2D eigenvalue weighted by atomic mass is 79.9. The number of hydrogen-bond donors (Lipinski definition) is 0. The lowest BCUT2D eigenvalue weighted by molar-refractivity contribution is 0.245. The number of imidazole rings is 1. The third-order valence-corrected chi connectivity index (χ3v) is 1.85. The van der Waals surface area contributed by atoms with E-state index < -0.39 is 0 Å². The monoisotopic (exact) mass is 202 g/mol. The van der Waals surface area contributed by atoms with E-state index >= 15 is 0 Å². The molecule has 0 aromatic carbocycles. The Morgan fingerprint density at radius 1 is 1.90 bits per heavy atom. The van der Waals surface area contributed by atoms with Crippen molar-refractivity contribution in [3.63, 3.8) is 0 Å². The zero-order chi connectivity index (χ0) is 7.14. The number of fused-ring (bicyclic) bond motifs is 1. The fraction of sp³-hybridized carbons (Fsp3) is 0.500. The standard InChI is InChI=1S/C6H7BrN2O/c1-4-2-9-3-5(7)8-6(9)10-4/h3-4H,2H2,1H3/t4-/m1/s1. The molecule has 1 aromatic heterocycles. The molecular formula is C6H7BrN2O. The minimum absolute atomic E-state index is 0.274. The zero-order valence-electron chi connectivity index (χ0n) is 5.54. The Balaban J connectivity index is 2.39. The van der Waals surface area contributed by atoms with E-state index in [9.17, 15) is 0 Å². The quantitative estimate of drug-likeness (QED) is 0.637. The lowest BCUT2D eigenvalue weighted by Gasteiger charge is -1.97. The number of nitrogens with zero attached hydrogens (tertiary/aromatic N) is 2. The lowest BCUT2D eigenvalue weighted by atomic mass is 10.4. The molecule has 0 bridgehead atoms. The summed E-state index contributed by atoms with van der Waals surface area (Å²) in [6.45, 7) is 2.94. The van der Waals surface area contributed by atoms with Crippen molar-refractivity contribution in [3.05, 3.63) is 10.8 Å². The highest BCUT2D eigenvalue weighted by Crippen LogP contribution is 2.22. The molecule has 3 nitrogen and oxygen atoms in total. The average molecular weight is 203 g/mol. The predicted molar refractivity (Wildman–Crippen MR) is 40.0 cm³/mol. The van der Waals surface area contributed by atoms with E-state index in [1.807, 2.05) is 17.7 Å².